The summed E-state index contributed by atoms with van der Waals surface area (Å²) < 4.78 is 0. The van der Waals surface area contributed by atoms with Gasteiger partial charge in [-0.15, -0.1) is 0 Å². The van der Waals surface area contributed by atoms with Crippen molar-refractivity contribution in [3.63, 3.8) is 0 Å². The third-order valence-electron chi connectivity index (χ3n) is 2.03. The van der Waals surface area contributed by atoms with Gasteiger partial charge in [0, 0.05) is 5.02 Å². The number of carbonyl (C=O) groups is 3. The molecule has 1 rings (SSSR count). The number of aliphatic carboxylic acids is 1. The molecule has 3 amide bonds. The molecule has 0 unspecified atom stereocenters. The van der Waals surface area contributed by atoms with E-state index in [1.165, 1.54) is 12.1 Å². The van der Waals surface area contributed by atoms with E-state index >= 15 is 0 Å². The van der Waals surface area contributed by atoms with E-state index in [-0.39, 0.29) is 11.6 Å². The van der Waals surface area contributed by atoms with Gasteiger partial charge in [-0.2, -0.15) is 0 Å². The average molecular weight is 320 g/mol. The molecule has 0 bridgehead atoms. The van der Waals surface area contributed by atoms with Crippen molar-refractivity contribution in [1.82, 2.24) is 10.6 Å². The molecule has 1 aromatic rings. The van der Waals surface area contributed by atoms with Crippen molar-refractivity contribution >= 4 is 46.8 Å². The van der Waals surface area contributed by atoms with Crippen molar-refractivity contribution in [3.8, 4) is 0 Å². The number of hydrogen-bond acceptors (Lipinski definition) is 3. The minimum atomic E-state index is -1.17. The van der Waals surface area contributed by atoms with Crippen LogP contribution in [0.4, 0.5) is 10.5 Å². The normalized spacial score (nSPS) is 9.70. The predicted molar refractivity (Wildman–Crippen MR) is 74.1 cm³/mol. The van der Waals surface area contributed by atoms with Gasteiger partial charge >= 0.3 is 12.0 Å². The fourth-order valence-corrected chi connectivity index (χ4v) is 1.61. The van der Waals surface area contributed by atoms with Gasteiger partial charge in [0.1, 0.15) is 6.54 Å². The van der Waals surface area contributed by atoms with Crippen LogP contribution in [0.3, 0.4) is 0 Å². The molecule has 0 aliphatic rings. The Bertz CT molecular complexity index is 536. The number of halogens is 2. The zero-order chi connectivity index (χ0) is 15.1. The summed E-state index contributed by atoms with van der Waals surface area (Å²) in [6, 6.07) is 3.86. The van der Waals surface area contributed by atoms with Crippen LogP contribution in [0.1, 0.15) is 0 Å². The minimum absolute atomic E-state index is 0.253. The fraction of sp³-hybridized carbons (Fsp3) is 0.182. The second-order valence-corrected chi connectivity index (χ2v) is 4.45. The molecule has 0 spiro atoms. The molecule has 0 aromatic heterocycles. The fourth-order valence-electron chi connectivity index (χ4n) is 1.15. The van der Waals surface area contributed by atoms with E-state index < -0.39 is 24.5 Å². The lowest BCUT2D eigenvalue weighted by atomic mass is 10.3. The maximum absolute atomic E-state index is 11.5. The number of amides is 3. The third kappa shape index (κ3) is 5.77. The standard InChI is InChI=1S/C11H11Cl2N3O4/c12-6-1-2-8(7(13)3-6)16-11(20)15-4-9(17)14-5-10(18)19/h1-3H,4-5H2,(H,14,17)(H,18,19)(H2,15,16,20). The lowest BCUT2D eigenvalue weighted by molar-refractivity contribution is -0.137. The number of carbonyl (C=O) groups excluding carboxylic acids is 2. The summed E-state index contributed by atoms with van der Waals surface area (Å²) in [5, 5.41) is 15.8. The highest BCUT2D eigenvalue weighted by Crippen LogP contribution is 2.25. The number of carboxylic acids is 1. The summed E-state index contributed by atoms with van der Waals surface area (Å²) in [5.41, 5.74) is 0.333. The molecule has 20 heavy (non-hydrogen) atoms. The van der Waals surface area contributed by atoms with Gasteiger partial charge < -0.3 is 21.1 Å². The van der Waals surface area contributed by atoms with Gasteiger partial charge in [0.05, 0.1) is 17.3 Å². The van der Waals surface area contributed by atoms with Crippen LogP contribution < -0.4 is 16.0 Å². The lowest BCUT2D eigenvalue weighted by Crippen LogP contribution is -2.40. The summed E-state index contributed by atoms with van der Waals surface area (Å²) in [5.74, 6) is -1.79. The highest BCUT2D eigenvalue weighted by molar-refractivity contribution is 6.36. The number of hydrogen-bond donors (Lipinski definition) is 4. The van der Waals surface area contributed by atoms with Crippen LogP contribution in [0.25, 0.3) is 0 Å². The minimum Gasteiger partial charge on any atom is -0.480 e. The Hall–Kier alpha value is -1.99. The van der Waals surface area contributed by atoms with Crippen molar-refractivity contribution in [2.45, 2.75) is 0 Å². The van der Waals surface area contributed by atoms with E-state index in [9.17, 15) is 14.4 Å². The number of carboxylic acid groups (broad SMARTS) is 1. The first kappa shape index (κ1) is 16.1. The SMILES string of the molecule is O=C(O)CNC(=O)CNC(=O)Nc1ccc(Cl)cc1Cl. The number of urea groups is 1. The van der Waals surface area contributed by atoms with E-state index in [4.69, 9.17) is 28.3 Å². The molecule has 7 nitrogen and oxygen atoms in total. The van der Waals surface area contributed by atoms with Crippen molar-refractivity contribution < 1.29 is 19.5 Å². The quantitative estimate of drug-likeness (QED) is 0.656. The highest BCUT2D eigenvalue weighted by Gasteiger charge is 2.08. The number of benzene rings is 1. The molecule has 4 N–H and O–H groups in total. The van der Waals surface area contributed by atoms with E-state index in [0.29, 0.717) is 10.7 Å². The van der Waals surface area contributed by atoms with Gasteiger partial charge in [-0.3, -0.25) is 9.59 Å². The van der Waals surface area contributed by atoms with E-state index in [0.717, 1.165) is 0 Å². The van der Waals surface area contributed by atoms with Crippen LogP contribution >= 0.6 is 23.2 Å². The molecule has 1 aromatic carbocycles. The van der Waals surface area contributed by atoms with Crippen molar-refractivity contribution in [2.75, 3.05) is 18.4 Å². The summed E-state index contributed by atoms with van der Waals surface area (Å²) in [6.07, 6.45) is 0. The summed E-state index contributed by atoms with van der Waals surface area (Å²) in [4.78, 5) is 32.8. The maximum Gasteiger partial charge on any atom is 0.322 e. The molecule has 9 heteroatoms. The van der Waals surface area contributed by atoms with Crippen LogP contribution in [0.15, 0.2) is 18.2 Å². The van der Waals surface area contributed by atoms with Crippen LogP contribution in [-0.4, -0.2) is 36.1 Å². The Morgan fingerprint density at radius 3 is 2.40 bits per heavy atom. The molecule has 0 saturated carbocycles. The molecule has 0 saturated heterocycles. The zero-order valence-electron chi connectivity index (χ0n) is 10.1. The Kier molecular flexibility index (Phi) is 6.08. The summed E-state index contributed by atoms with van der Waals surface area (Å²) >= 11 is 11.6. The lowest BCUT2D eigenvalue weighted by Gasteiger charge is -2.09. The van der Waals surface area contributed by atoms with Crippen LogP contribution in [0, 0.1) is 0 Å². The van der Waals surface area contributed by atoms with Gasteiger partial charge in [-0.1, -0.05) is 23.2 Å². The van der Waals surface area contributed by atoms with Crippen molar-refractivity contribution in [1.29, 1.82) is 0 Å². The Balaban J connectivity index is 2.40. The number of anilines is 1. The smallest absolute Gasteiger partial charge is 0.322 e. The van der Waals surface area contributed by atoms with Gasteiger partial charge in [0.25, 0.3) is 0 Å². The first-order valence-electron chi connectivity index (χ1n) is 5.37. The zero-order valence-corrected chi connectivity index (χ0v) is 11.6. The van der Waals surface area contributed by atoms with Crippen molar-refractivity contribution in [2.24, 2.45) is 0 Å². The topological polar surface area (TPSA) is 108 Å². The third-order valence-corrected chi connectivity index (χ3v) is 2.57. The molecule has 0 heterocycles. The predicted octanol–water partition coefficient (Wildman–Crippen LogP) is 1.32. The van der Waals surface area contributed by atoms with Gasteiger partial charge in [0.15, 0.2) is 0 Å². The van der Waals surface area contributed by atoms with Gasteiger partial charge in [-0.05, 0) is 18.2 Å². The van der Waals surface area contributed by atoms with E-state index in [2.05, 4.69) is 16.0 Å². The van der Waals surface area contributed by atoms with E-state index in [1.807, 2.05) is 0 Å². The van der Waals surface area contributed by atoms with Gasteiger partial charge in [0.2, 0.25) is 5.91 Å². The monoisotopic (exact) mass is 319 g/mol. The van der Waals surface area contributed by atoms with Crippen LogP contribution in [-0.2, 0) is 9.59 Å². The molecule has 0 atom stereocenters. The number of rotatable bonds is 5. The van der Waals surface area contributed by atoms with Gasteiger partial charge in [-0.25, -0.2) is 4.79 Å². The molecule has 0 fully saturated rings. The molecule has 0 aliphatic carbocycles. The Labute approximate surface area is 124 Å². The molecule has 108 valence electrons. The van der Waals surface area contributed by atoms with Crippen LogP contribution in [0.5, 0.6) is 0 Å². The maximum atomic E-state index is 11.5. The second-order valence-electron chi connectivity index (χ2n) is 3.60. The molecular weight excluding hydrogens is 309 g/mol. The largest absolute Gasteiger partial charge is 0.480 e. The highest BCUT2D eigenvalue weighted by atomic mass is 35.5. The first-order chi connectivity index (χ1) is 9.38. The Morgan fingerprint density at radius 1 is 1.10 bits per heavy atom. The molecule has 0 aliphatic heterocycles. The average Bonchev–Trinajstić information content (AvgIpc) is 2.37. The summed E-state index contributed by atoms with van der Waals surface area (Å²) in [6.45, 7) is -0.866. The molecular formula is C11H11Cl2N3O4. The summed E-state index contributed by atoms with van der Waals surface area (Å²) in [7, 11) is 0. The first-order valence-corrected chi connectivity index (χ1v) is 6.12. The van der Waals surface area contributed by atoms with Crippen molar-refractivity contribution in [3.05, 3.63) is 28.2 Å². The Morgan fingerprint density at radius 2 is 1.80 bits per heavy atom. The number of nitrogens with one attached hydrogen (secondary N) is 3. The van der Waals surface area contributed by atoms with E-state index in [1.54, 1.807) is 6.07 Å². The second kappa shape index (κ2) is 7.56. The van der Waals surface area contributed by atoms with Crippen LogP contribution in [0.2, 0.25) is 10.0 Å². The molecule has 0 radical (unpaired) electrons.